The number of pyridine rings is 1. The second-order valence-electron chi connectivity index (χ2n) is 4.83. The zero-order chi connectivity index (χ0) is 11.9. The minimum atomic E-state index is 0.846. The zero-order valence-corrected chi connectivity index (χ0v) is 10.7. The maximum Gasteiger partial charge on any atom is 0.0416 e. The predicted octanol–water partition coefficient (Wildman–Crippen LogP) is 1.56. The van der Waals surface area contributed by atoms with Crippen LogP contribution in [0, 0.1) is 5.92 Å². The first kappa shape index (κ1) is 12.5. The minimum Gasteiger partial charge on any atom is -0.317 e. The van der Waals surface area contributed by atoms with E-state index in [1.54, 1.807) is 0 Å². The Morgan fingerprint density at radius 2 is 2.41 bits per heavy atom. The molecule has 94 valence electrons. The van der Waals surface area contributed by atoms with Crippen LogP contribution in [0.3, 0.4) is 0 Å². The lowest BCUT2D eigenvalue weighted by atomic mass is 10.1. The number of nitrogens with one attached hydrogen (secondary N) is 1. The zero-order valence-electron chi connectivity index (χ0n) is 10.7. The first-order chi connectivity index (χ1) is 8.38. The van der Waals surface area contributed by atoms with Gasteiger partial charge in [-0.05, 0) is 44.1 Å². The molecule has 1 atom stereocenters. The van der Waals surface area contributed by atoms with Crippen LogP contribution < -0.4 is 5.32 Å². The third-order valence-electron chi connectivity index (χ3n) is 3.46. The molecule has 2 rings (SSSR count). The summed E-state index contributed by atoms with van der Waals surface area (Å²) >= 11 is 0. The van der Waals surface area contributed by atoms with Gasteiger partial charge in [0, 0.05) is 31.4 Å². The second-order valence-corrected chi connectivity index (χ2v) is 4.83. The molecule has 0 amide bonds. The Labute approximate surface area is 104 Å². The Bertz CT molecular complexity index is 313. The third-order valence-corrected chi connectivity index (χ3v) is 3.46. The molecule has 3 heteroatoms. The van der Waals surface area contributed by atoms with Crippen LogP contribution in [-0.4, -0.2) is 42.6 Å². The summed E-state index contributed by atoms with van der Waals surface area (Å²) in [6.07, 6.45) is 4.30. The monoisotopic (exact) mass is 233 g/mol. The van der Waals surface area contributed by atoms with Gasteiger partial charge in [0.15, 0.2) is 0 Å². The molecule has 0 bridgehead atoms. The largest absolute Gasteiger partial charge is 0.317 e. The Morgan fingerprint density at radius 3 is 3.18 bits per heavy atom. The lowest BCUT2D eigenvalue weighted by Gasteiger charge is -2.15. The van der Waals surface area contributed by atoms with Crippen molar-refractivity contribution in [3.8, 4) is 0 Å². The van der Waals surface area contributed by atoms with Gasteiger partial charge in [0.2, 0.25) is 0 Å². The van der Waals surface area contributed by atoms with Gasteiger partial charge in [0.25, 0.3) is 0 Å². The molecule has 0 aromatic carbocycles. The molecule has 1 saturated heterocycles. The van der Waals surface area contributed by atoms with Gasteiger partial charge in [0.05, 0.1) is 0 Å². The van der Waals surface area contributed by atoms with Crippen molar-refractivity contribution in [2.24, 2.45) is 5.92 Å². The van der Waals surface area contributed by atoms with E-state index in [0.717, 1.165) is 25.4 Å². The molecule has 1 unspecified atom stereocenters. The molecule has 0 spiro atoms. The van der Waals surface area contributed by atoms with E-state index in [-0.39, 0.29) is 0 Å². The lowest BCUT2D eigenvalue weighted by molar-refractivity contribution is 0.325. The number of aromatic nitrogens is 1. The summed E-state index contributed by atoms with van der Waals surface area (Å²) in [6.45, 7) is 8.09. The molecule has 1 aliphatic heterocycles. The summed E-state index contributed by atoms with van der Waals surface area (Å²) in [5.41, 5.74) is 1.21. The highest BCUT2D eigenvalue weighted by atomic mass is 15.1. The Balaban J connectivity index is 1.68. The van der Waals surface area contributed by atoms with E-state index < -0.39 is 0 Å². The molecule has 1 aliphatic rings. The van der Waals surface area contributed by atoms with Crippen LogP contribution in [0.1, 0.15) is 19.0 Å². The van der Waals surface area contributed by atoms with Crippen LogP contribution in [0.5, 0.6) is 0 Å². The Kier molecular flexibility index (Phi) is 4.95. The molecule has 0 radical (unpaired) electrons. The molecule has 3 nitrogen and oxygen atoms in total. The average Bonchev–Trinajstić information content (AvgIpc) is 2.83. The molecular formula is C14H23N3. The van der Waals surface area contributed by atoms with Crippen molar-refractivity contribution < 1.29 is 0 Å². The SMILES string of the molecule is CCNCC1CCN(CCc2ccccn2)C1. The van der Waals surface area contributed by atoms with Gasteiger partial charge in [0.1, 0.15) is 0 Å². The molecule has 1 aromatic rings. The average molecular weight is 233 g/mol. The highest BCUT2D eigenvalue weighted by Gasteiger charge is 2.21. The first-order valence-electron chi connectivity index (χ1n) is 6.71. The van der Waals surface area contributed by atoms with Crippen molar-refractivity contribution in [3.05, 3.63) is 30.1 Å². The van der Waals surface area contributed by atoms with Crippen LogP contribution in [0.4, 0.5) is 0 Å². The van der Waals surface area contributed by atoms with Crippen molar-refractivity contribution in [1.29, 1.82) is 0 Å². The standard InChI is InChI=1S/C14H23N3/c1-2-15-11-13-6-9-17(12-13)10-7-14-5-3-4-8-16-14/h3-5,8,13,15H,2,6-7,9-12H2,1H3. The summed E-state index contributed by atoms with van der Waals surface area (Å²) in [6, 6.07) is 6.16. The van der Waals surface area contributed by atoms with Crippen LogP contribution in [0.2, 0.25) is 0 Å². The van der Waals surface area contributed by atoms with E-state index in [2.05, 4.69) is 34.3 Å². The quantitative estimate of drug-likeness (QED) is 0.808. The van der Waals surface area contributed by atoms with Crippen molar-refractivity contribution in [1.82, 2.24) is 15.2 Å². The summed E-state index contributed by atoms with van der Waals surface area (Å²) < 4.78 is 0. The Hall–Kier alpha value is -0.930. The van der Waals surface area contributed by atoms with E-state index in [4.69, 9.17) is 0 Å². The van der Waals surface area contributed by atoms with Crippen molar-refractivity contribution in [2.45, 2.75) is 19.8 Å². The molecule has 1 fully saturated rings. The summed E-state index contributed by atoms with van der Waals surface area (Å²) in [5.74, 6) is 0.846. The number of hydrogen-bond donors (Lipinski definition) is 1. The van der Waals surface area contributed by atoms with Crippen LogP contribution >= 0.6 is 0 Å². The van der Waals surface area contributed by atoms with Crippen LogP contribution in [0.15, 0.2) is 24.4 Å². The molecular weight excluding hydrogens is 210 g/mol. The van der Waals surface area contributed by atoms with Gasteiger partial charge < -0.3 is 10.2 Å². The molecule has 0 aliphatic carbocycles. The smallest absolute Gasteiger partial charge is 0.0416 e. The third kappa shape index (κ3) is 4.10. The molecule has 1 N–H and O–H groups in total. The molecule has 0 saturated carbocycles. The van der Waals surface area contributed by atoms with Crippen molar-refractivity contribution >= 4 is 0 Å². The van der Waals surface area contributed by atoms with E-state index in [1.165, 1.54) is 31.7 Å². The van der Waals surface area contributed by atoms with Gasteiger partial charge in [-0.3, -0.25) is 4.98 Å². The molecule has 2 heterocycles. The van der Waals surface area contributed by atoms with Gasteiger partial charge >= 0.3 is 0 Å². The number of hydrogen-bond acceptors (Lipinski definition) is 3. The van der Waals surface area contributed by atoms with E-state index in [0.29, 0.717) is 0 Å². The highest BCUT2D eigenvalue weighted by Crippen LogP contribution is 2.15. The predicted molar refractivity (Wildman–Crippen MR) is 71.0 cm³/mol. The van der Waals surface area contributed by atoms with Gasteiger partial charge in [-0.15, -0.1) is 0 Å². The summed E-state index contributed by atoms with van der Waals surface area (Å²) in [5, 5.41) is 3.45. The van der Waals surface area contributed by atoms with E-state index >= 15 is 0 Å². The van der Waals surface area contributed by atoms with E-state index in [1.807, 2.05) is 12.3 Å². The first-order valence-corrected chi connectivity index (χ1v) is 6.71. The topological polar surface area (TPSA) is 28.2 Å². The molecule has 1 aromatic heterocycles. The fourth-order valence-electron chi connectivity index (χ4n) is 2.45. The lowest BCUT2D eigenvalue weighted by Crippen LogP contribution is -2.27. The van der Waals surface area contributed by atoms with Crippen molar-refractivity contribution in [2.75, 3.05) is 32.7 Å². The fourth-order valence-corrected chi connectivity index (χ4v) is 2.45. The minimum absolute atomic E-state index is 0.846. The number of nitrogens with zero attached hydrogens (tertiary/aromatic N) is 2. The summed E-state index contributed by atoms with van der Waals surface area (Å²) in [4.78, 5) is 6.94. The normalized spacial score (nSPS) is 20.9. The maximum absolute atomic E-state index is 4.37. The van der Waals surface area contributed by atoms with Crippen molar-refractivity contribution in [3.63, 3.8) is 0 Å². The van der Waals surface area contributed by atoms with Gasteiger partial charge in [-0.25, -0.2) is 0 Å². The number of likely N-dealkylation sites (tertiary alicyclic amines) is 1. The maximum atomic E-state index is 4.37. The van der Waals surface area contributed by atoms with Crippen LogP contribution in [-0.2, 0) is 6.42 Å². The van der Waals surface area contributed by atoms with Gasteiger partial charge in [-0.1, -0.05) is 13.0 Å². The Morgan fingerprint density at radius 1 is 1.47 bits per heavy atom. The summed E-state index contributed by atoms with van der Waals surface area (Å²) in [7, 11) is 0. The highest BCUT2D eigenvalue weighted by molar-refractivity contribution is 5.03. The second kappa shape index (κ2) is 6.72. The fraction of sp³-hybridized carbons (Fsp3) is 0.643. The van der Waals surface area contributed by atoms with Gasteiger partial charge in [-0.2, -0.15) is 0 Å². The molecule has 17 heavy (non-hydrogen) atoms. The van der Waals surface area contributed by atoms with E-state index in [9.17, 15) is 0 Å². The number of rotatable bonds is 6. The van der Waals surface area contributed by atoms with Crippen LogP contribution in [0.25, 0.3) is 0 Å².